The first-order chi connectivity index (χ1) is 14.4. The van der Waals surface area contributed by atoms with Crippen molar-refractivity contribution in [3.63, 3.8) is 0 Å². The van der Waals surface area contributed by atoms with Gasteiger partial charge in [0.1, 0.15) is 5.82 Å². The molecule has 0 unspecified atom stereocenters. The normalized spacial score (nSPS) is 12.0. The molecule has 0 saturated heterocycles. The zero-order valence-electron chi connectivity index (χ0n) is 17.2. The zero-order chi connectivity index (χ0) is 20.9. The van der Waals surface area contributed by atoms with E-state index in [4.69, 9.17) is 4.98 Å². The van der Waals surface area contributed by atoms with Gasteiger partial charge in [0.05, 0.1) is 18.5 Å². The van der Waals surface area contributed by atoms with Gasteiger partial charge in [0, 0.05) is 22.2 Å². The summed E-state index contributed by atoms with van der Waals surface area (Å²) in [5.74, 6) is -0.190. The van der Waals surface area contributed by atoms with Gasteiger partial charge in [-0.3, -0.25) is 4.98 Å². The Labute approximate surface area is 180 Å². The van der Waals surface area contributed by atoms with Crippen LogP contribution in [0.5, 0.6) is 0 Å². The van der Waals surface area contributed by atoms with Crippen LogP contribution >= 0.6 is 11.3 Å². The number of benzene rings is 3. The minimum absolute atomic E-state index is 0.190. The summed E-state index contributed by atoms with van der Waals surface area (Å²) in [6.07, 6.45) is 1.86. The number of hydrogen-bond acceptors (Lipinski definition) is 2. The van der Waals surface area contributed by atoms with Crippen molar-refractivity contribution in [2.75, 3.05) is 0 Å². The molecule has 4 heteroatoms. The second kappa shape index (κ2) is 7.15. The standard InChI is InChI=1S/C26H22FNSSi/c1-30(2,3)24-16-19(14-17-8-4-5-9-20(17)24)25-26-18(12-13-28-25)15-23(29-26)21-10-6-7-11-22(21)27/h4-16H,1-3H3. The van der Waals surface area contributed by atoms with Gasteiger partial charge in [-0.1, -0.05) is 73.4 Å². The van der Waals surface area contributed by atoms with Crippen molar-refractivity contribution in [3.05, 3.63) is 84.8 Å². The number of aromatic nitrogens is 1. The van der Waals surface area contributed by atoms with Crippen LogP contribution in [0.15, 0.2) is 79.0 Å². The van der Waals surface area contributed by atoms with E-state index in [0.29, 0.717) is 5.56 Å². The molecule has 5 rings (SSSR count). The smallest absolute Gasteiger partial charge is 0.131 e. The summed E-state index contributed by atoms with van der Waals surface area (Å²) in [6.45, 7) is 7.15. The highest BCUT2D eigenvalue weighted by atomic mass is 32.1. The van der Waals surface area contributed by atoms with Gasteiger partial charge in [0.25, 0.3) is 0 Å². The summed E-state index contributed by atoms with van der Waals surface area (Å²) >= 11 is 1.61. The average molecular weight is 428 g/mol. The van der Waals surface area contributed by atoms with E-state index >= 15 is 0 Å². The van der Waals surface area contributed by atoms with E-state index < -0.39 is 8.07 Å². The van der Waals surface area contributed by atoms with Crippen molar-refractivity contribution < 1.29 is 4.39 Å². The first kappa shape index (κ1) is 19.2. The van der Waals surface area contributed by atoms with Crippen molar-refractivity contribution in [3.8, 4) is 21.7 Å². The largest absolute Gasteiger partial charge is 0.255 e. The van der Waals surface area contributed by atoms with Crippen LogP contribution in [0, 0.1) is 5.82 Å². The van der Waals surface area contributed by atoms with E-state index in [1.54, 1.807) is 17.4 Å². The summed E-state index contributed by atoms with van der Waals surface area (Å²) in [4.78, 5) is 5.70. The summed E-state index contributed by atoms with van der Waals surface area (Å²) < 4.78 is 15.5. The Kier molecular flexibility index (Phi) is 4.57. The molecular formula is C26H22FNSSi. The number of nitrogens with zero attached hydrogens (tertiary/aromatic N) is 1. The summed E-state index contributed by atoms with van der Waals surface area (Å²) in [7, 11) is -1.56. The van der Waals surface area contributed by atoms with Gasteiger partial charge in [-0.25, -0.2) is 4.39 Å². The molecule has 0 aliphatic carbocycles. The third-order valence-electron chi connectivity index (χ3n) is 5.52. The van der Waals surface area contributed by atoms with Gasteiger partial charge < -0.3 is 0 Å². The number of rotatable bonds is 3. The molecule has 0 fully saturated rings. The van der Waals surface area contributed by atoms with Gasteiger partial charge in [0.15, 0.2) is 0 Å². The molecule has 1 nitrogen and oxygen atoms in total. The van der Waals surface area contributed by atoms with Crippen LogP contribution in [0.25, 0.3) is 42.6 Å². The number of hydrogen-bond donors (Lipinski definition) is 0. The van der Waals surface area contributed by atoms with Crippen molar-refractivity contribution in [1.82, 2.24) is 4.98 Å². The molecule has 0 aliphatic rings. The predicted molar refractivity (Wildman–Crippen MR) is 131 cm³/mol. The monoisotopic (exact) mass is 427 g/mol. The van der Waals surface area contributed by atoms with Crippen LogP contribution in [0.4, 0.5) is 4.39 Å². The molecule has 0 radical (unpaired) electrons. The Morgan fingerprint density at radius 2 is 1.60 bits per heavy atom. The van der Waals surface area contributed by atoms with Crippen molar-refractivity contribution >= 4 is 45.5 Å². The maximum Gasteiger partial charge on any atom is 0.131 e. The molecule has 0 aliphatic heterocycles. The van der Waals surface area contributed by atoms with E-state index in [2.05, 4.69) is 62.1 Å². The minimum Gasteiger partial charge on any atom is -0.255 e. The van der Waals surface area contributed by atoms with Crippen LogP contribution in [0.3, 0.4) is 0 Å². The lowest BCUT2D eigenvalue weighted by Gasteiger charge is -2.21. The third kappa shape index (κ3) is 3.26. The molecule has 0 amide bonds. The molecule has 5 aromatic rings. The van der Waals surface area contributed by atoms with E-state index in [0.717, 1.165) is 26.2 Å². The Hall–Kier alpha value is -2.82. The summed E-state index contributed by atoms with van der Waals surface area (Å²) in [6, 6.07) is 24.2. The van der Waals surface area contributed by atoms with Gasteiger partial charge >= 0.3 is 0 Å². The quantitative estimate of drug-likeness (QED) is 0.272. The topological polar surface area (TPSA) is 12.9 Å². The fourth-order valence-electron chi connectivity index (χ4n) is 4.03. The molecule has 2 heterocycles. The SMILES string of the molecule is C[Si](C)(C)c1cc(-c2nccc3cc(-c4ccccc4F)sc23)cc2ccccc12. The number of thiophene rings is 1. The van der Waals surface area contributed by atoms with Gasteiger partial charge in [-0.15, -0.1) is 11.3 Å². The van der Waals surface area contributed by atoms with Gasteiger partial charge in [-0.2, -0.15) is 0 Å². The van der Waals surface area contributed by atoms with Crippen molar-refractivity contribution in [2.24, 2.45) is 0 Å². The summed E-state index contributed by atoms with van der Waals surface area (Å²) in [5.41, 5.74) is 2.76. The van der Waals surface area contributed by atoms with Crippen LogP contribution < -0.4 is 5.19 Å². The lowest BCUT2D eigenvalue weighted by atomic mass is 10.0. The lowest BCUT2D eigenvalue weighted by molar-refractivity contribution is 0.632. The molecule has 0 atom stereocenters. The molecule has 3 aromatic carbocycles. The lowest BCUT2D eigenvalue weighted by Crippen LogP contribution is -2.38. The van der Waals surface area contributed by atoms with E-state index in [-0.39, 0.29) is 5.82 Å². The van der Waals surface area contributed by atoms with Crippen LogP contribution in [0.1, 0.15) is 0 Å². The molecule has 0 N–H and O–H groups in total. The number of pyridine rings is 1. The molecule has 0 bridgehead atoms. The summed E-state index contributed by atoms with van der Waals surface area (Å²) in [5, 5.41) is 5.13. The van der Waals surface area contributed by atoms with Crippen LogP contribution in [-0.2, 0) is 0 Å². The van der Waals surface area contributed by atoms with Crippen LogP contribution in [-0.4, -0.2) is 13.1 Å². The maximum atomic E-state index is 14.4. The van der Waals surface area contributed by atoms with Crippen molar-refractivity contribution in [2.45, 2.75) is 19.6 Å². The first-order valence-electron chi connectivity index (χ1n) is 10.1. The Morgan fingerprint density at radius 1 is 0.833 bits per heavy atom. The molecule has 0 saturated carbocycles. The van der Waals surface area contributed by atoms with E-state index in [1.807, 2.05) is 24.4 Å². The van der Waals surface area contributed by atoms with E-state index in [9.17, 15) is 4.39 Å². The number of fused-ring (bicyclic) bond motifs is 2. The highest BCUT2D eigenvalue weighted by molar-refractivity contribution is 7.22. The highest BCUT2D eigenvalue weighted by Gasteiger charge is 2.21. The highest BCUT2D eigenvalue weighted by Crippen LogP contribution is 2.39. The Morgan fingerprint density at radius 3 is 2.40 bits per heavy atom. The third-order valence-corrected chi connectivity index (χ3v) is 8.74. The second-order valence-corrected chi connectivity index (χ2v) is 14.8. The van der Waals surface area contributed by atoms with E-state index in [1.165, 1.54) is 22.0 Å². The van der Waals surface area contributed by atoms with Crippen molar-refractivity contribution in [1.29, 1.82) is 0 Å². The zero-order valence-corrected chi connectivity index (χ0v) is 19.1. The molecule has 30 heavy (non-hydrogen) atoms. The molecule has 0 spiro atoms. The Bertz CT molecular complexity index is 1400. The minimum atomic E-state index is -1.56. The van der Waals surface area contributed by atoms with Gasteiger partial charge in [0.2, 0.25) is 0 Å². The average Bonchev–Trinajstić information content (AvgIpc) is 3.16. The number of halogens is 1. The first-order valence-corrected chi connectivity index (χ1v) is 14.4. The van der Waals surface area contributed by atoms with Gasteiger partial charge in [-0.05, 0) is 40.4 Å². The fraction of sp³-hybridized carbons (Fsp3) is 0.115. The maximum absolute atomic E-state index is 14.4. The molecule has 2 aromatic heterocycles. The Balaban J connectivity index is 1.76. The van der Waals surface area contributed by atoms with Crippen LogP contribution in [0.2, 0.25) is 19.6 Å². The second-order valence-electron chi connectivity index (χ2n) is 8.66. The molecule has 148 valence electrons. The fourth-order valence-corrected chi connectivity index (χ4v) is 6.85. The molecular weight excluding hydrogens is 405 g/mol. The predicted octanol–water partition coefficient (Wildman–Crippen LogP) is 7.47.